The van der Waals surface area contributed by atoms with Crippen LogP contribution in [0, 0.1) is 0 Å². The molecule has 0 aliphatic heterocycles. The lowest BCUT2D eigenvalue weighted by molar-refractivity contribution is -0.105. The van der Waals surface area contributed by atoms with Crippen molar-refractivity contribution in [3.63, 3.8) is 0 Å². The lowest BCUT2D eigenvalue weighted by atomic mass is 10.1. The van der Waals surface area contributed by atoms with Gasteiger partial charge in [0, 0.05) is 5.30 Å². The number of carbonyl (C=O) groups excluding carboxylic acids is 2. The number of carbonyl (C=O) groups is 2. The van der Waals surface area contributed by atoms with Gasteiger partial charge >= 0.3 is 5.97 Å². The van der Waals surface area contributed by atoms with Crippen molar-refractivity contribution >= 4 is 41.9 Å². The molecule has 6 heteroatoms. The van der Waals surface area contributed by atoms with Gasteiger partial charge in [0.2, 0.25) is 6.41 Å². The minimum Gasteiger partial charge on any atom is -0.505 e. The molecule has 0 fully saturated rings. The average Bonchev–Trinajstić information content (AvgIpc) is 2.83. The molecule has 32 heavy (non-hydrogen) atoms. The van der Waals surface area contributed by atoms with E-state index in [-0.39, 0.29) is 17.0 Å². The standard InChI is InChI=1S/C26H20NO4P/c28-18-27-22-15-9-14-21(25(22)29)26(30)31-23-16-7-8-17-24(23)32(19-10-3-1-4-11-19)20-12-5-2-6-13-20/h1-18,29H,(H,27,28). The van der Waals surface area contributed by atoms with Crippen molar-refractivity contribution in [1.29, 1.82) is 0 Å². The van der Waals surface area contributed by atoms with Crippen molar-refractivity contribution in [3.05, 3.63) is 109 Å². The van der Waals surface area contributed by atoms with Gasteiger partial charge in [-0.05, 0) is 36.7 Å². The number of para-hydroxylation sites is 2. The molecule has 1 amide bonds. The Hall–Kier alpha value is -3.95. The Morgan fingerprint density at radius 2 is 1.38 bits per heavy atom. The summed E-state index contributed by atoms with van der Waals surface area (Å²) in [6, 6.07) is 32.1. The highest BCUT2D eigenvalue weighted by molar-refractivity contribution is 7.80. The van der Waals surface area contributed by atoms with E-state index in [1.807, 2.05) is 48.5 Å². The number of ether oxygens (including phenoxy) is 1. The van der Waals surface area contributed by atoms with Gasteiger partial charge in [-0.15, -0.1) is 0 Å². The van der Waals surface area contributed by atoms with Crippen LogP contribution in [0.2, 0.25) is 0 Å². The van der Waals surface area contributed by atoms with E-state index in [1.165, 1.54) is 12.1 Å². The molecule has 0 aliphatic carbocycles. The van der Waals surface area contributed by atoms with Gasteiger partial charge in [0.05, 0.1) is 5.69 Å². The van der Waals surface area contributed by atoms with Crippen molar-refractivity contribution in [2.24, 2.45) is 0 Å². The highest BCUT2D eigenvalue weighted by Crippen LogP contribution is 2.37. The quantitative estimate of drug-likeness (QED) is 0.150. The van der Waals surface area contributed by atoms with Crippen LogP contribution in [0.3, 0.4) is 0 Å². The number of hydrogen-bond donors (Lipinski definition) is 2. The second-order valence-electron chi connectivity index (χ2n) is 6.83. The lowest BCUT2D eigenvalue weighted by Gasteiger charge is -2.21. The third-order valence-electron chi connectivity index (χ3n) is 4.81. The van der Waals surface area contributed by atoms with Gasteiger partial charge in [-0.3, -0.25) is 4.79 Å². The van der Waals surface area contributed by atoms with Crippen LogP contribution in [0.5, 0.6) is 11.5 Å². The summed E-state index contributed by atoms with van der Waals surface area (Å²) in [5.74, 6) is -0.625. The maximum atomic E-state index is 12.9. The average molecular weight is 441 g/mol. The molecule has 4 rings (SSSR count). The monoisotopic (exact) mass is 441 g/mol. The number of benzene rings is 4. The lowest BCUT2D eigenvalue weighted by Crippen LogP contribution is -2.23. The first-order valence-electron chi connectivity index (χ1n) is 9.92. The van der Waals surface area contributed by atoms with Gasteiger partial charge in [-0.2, -0.15) is 0 Å². The molecule has 0 radical (unpaired) electrons. The van der Waals surface area contributed by atoms with Crippen molar-refractivity contribution in [1.82, 2.24) is 0 Å². The van der Waals surface area contributed by atoms with E-state index in [1.54, 1.807) is 18.2 Å². The molecule has 0 bridgehead atoms. The normalized spacial score (nSPS) is 10.5. The Bertz CT molecular complexity index is 1190. The third-order valence-corrected chi connectivity index (χ3v) is 7.29. The van der Waals surface area contributed by atoms with Gasteiger partial charge in [0.25, 0.3) is 0 Å². The van der Waals surface area contributed by atoms with Gasteiger partial charge in [-0.25, -0.2) is 4.79 Å². The summed E-state index contributed by atoms with van der Waals surface area (Å²) in [6.45, 7) is 0. The number of nitrogens with one attached hydrogen (secondary N) is 1. The van der Waals surface area contributed by atoms with E-state index < -0.39 is 13.9 Å². The number of phenolic OH excluding ortho intramolecular Hbond substituents is 1. The molecule has 4 aromatic carbocycles. The van der Waals surface area contributed by atoms with Crippen molar-refractivity contribution in [2.45, 2.75) is 0 Å². The van der Waals surface area contributed by atoms with E-state index >= 15 is 0 Å². The van der Waals surface area contributed by atoms with E-state index in [4.69, 9.17) is 4.74 Å². The van der Waals surface area contributed by atoms with E-state index in [2.05, 4.69) is 29.6 Å². The molecule has 0 aliphatic rings. The minimum atomic E-state index is -0.984. The zero-order valence-corrected chi connectivity index (χ0v) is 17.9. The first kappa shape index (κ1) is 21.3. The number of aromatic hydroxyl groups is 1. The van der Waals surface area contributed by atoms with Crippen molar-refractivity contribution in [2.75, 3.05) is 5.32 Å². The topological polar surface area (TPSA) is 75.6 Å². The van der Waals surface area contributed by atoms with Crippen molar-refractivity contribution < 1.29 is 19.4 Å². The van der Waals surface area contributed by atoms with Crippen LogP contribution >= 0.6 is 7.92 Å². The second-order valence-corrected chi connectivity index (χ2v) is 9.01. The maximum absolute atomic E-state index is 12.9. The second kappa shape index (κ2) is 9.90. The van der Waals surface area contributed by atoms with Crippen LogP contribution < -0.4 is 26.0 Å². The fourth-order valence-corrected chi connectivity index (χ4v) is 5.72. The highest BCUT2D eigenvalue weighted by Gasteiger charge is 2.23. The number of phenols is 1. The van der Waals surface area contributed by atoms with Crippen LogP contribution in [0.25, 0.3) is 0 Å². The molecule has 0 aromatic heterocycles. The zero-order valence-electron chi connectivity index (χ0n) is 17.0. The smallest absolute Gasteiger partial charge is 0.347 e. The summed E-state index contributed by atoms with van der Waals surface area (Å²) in [5, 5.41) is 15.9. The Morgan fingerprint density at radius 1 is 0.781 bits per heavy atom. The number of anilines is 1. The Morgan fingerprint density at radius 3 is 2.00 bits per heavy atom. The van der Waals surface area contributed by atoms with E-state index in [9.17, 15) is 14.7 Å². The predicted molar refractivity (Wildman–Crippen MR) is 128 cm³/mol. The molecule has 4 aromatic rings. The molecule has 0 unspecified atom stereocenters. The van der Waals surface area contributed by atoms with Gasteiger partial charge in [0.15, 0.2) is 5.75 Å². The molecule has 2 N–H and O–H groups in total. The summed E-state index contributed by atoms with van der Waals surface area (Å²) in [5.41, 5.74) is 0.106. The molecule has 0 atom stereocenters. The molecule has 5 nitrogen and oxygen atoms in total. The SMILES string of the molecule is O=CNc1cccc(C(=O)Oc2ccccc2P(c2ccccc2)c2ccccc2)c1O. The Labute approximate surface area is 187 Å². The van der Waals surface area contributed by atoms with Crippen LogP contribution in [0.15, 0.2) is 103 Å². The van der Waals surface area contributed by atoms with Crippen LogP contribution in [-0.4, -0.2) is 17.5 Å². The number of amides is 1. The summed E-state index contributed by atoms with van der Waals surface area (Å²) < 4.78 is 5.77. The third kappa shape index (κ3) is 4.53. The van der Waals surface area contributed by atoms with Gasteiger partial charge in [-0.1, -0.05) is 84.9 Å². The Balaban J connectivity index is 1.75. The fourth-order valence-electron chi connectivity index (χ4n) is 3.35. The maximum Gasteiger partial charge on any atom is 0.347 e. The van der Waals surface area contributed by atoms with Crippen LogP contribution in [0.1, 0.15) is 10.4 Å². The van der Waals surface area contributed by atoms with E-state index in [0.717, 1.165) is 15.9 Å². The molecule has 0 saturated heterocycles. The number of rotatable bonds is 7. The molecule has 158 valence electrons. The van der Waals surface area contributed by atoms with Gasteiger partial charge in [0.1, 0.15) is 11.3 Å². The van der Waals surface area contributed by atoms with Crippen LogP contribution in [-0.2, 0) is 4.79 Å². The number of esters is 1. The zero-order chi connectivity index (χ0) is 22.3. The van der Waals surface area contributed by atoms with Crippen LogP contribution in [0.4, 0.5) is 5.69 Å². The van der Waals surface area contributed by atoms with Crippen molar-refractivity contribution in [3.8, 4) is 11.5 Å². The van der Waals surface area contributed by atoms with E-state index in [0.29, 0.717) is 12.2 Å². The first-order valence-corrected chi connectivity index (χ1v) is 11.3. The van der Waals surface area contributed by atoms with Gasteiger partial charge < -0.3 is 15.2 Å². The largest absolute Gasteiger partial charge is 0.505 e. The molecule has 0 saturated carbocycles. The predicted octanol–water partition coefficient (Wildman–Crippen LogP) is 3.94. The summed E-state index contributed by atoms with van der Waals surface area (Å²) in [7, 11) is -0.984. The molecular formula is C26H20NO4P. The molecule has 0 spiro atoms. The highest BCUT2D eigenvalue weighted by atomic mass is 31.1. The first-order chi connectivity index (χ1) is 15.7. The number of hydrogen-bond acceptors (Lipinski definition) is 4. The summed E-state index contributed by atoms with van der Waals surface area (Å²) in [4.78, 5) is 23.7. The molecule has 0 heterocycles. The summed E-state index contributed by atoms with van der Waals surface area (Å²) >= 11 is 0. The Kier molecular flexibility index (Phi) is 6.59. The molecular weight excluding hydrogens is 421 g/mol. The summed E-state index contributed by atoms with van der Waals surface area (Å²) in [6.07, 6.45) is 0.437. The fraction of sp³-hybridized carbons (Fsp3) is 0. The minimum absolute atomic E-state index is 0.0320.